The zero-order chi connectivity index (χ0) is 23.9. The van der Waals surface area contributed by atoms with E-state index in [1.165, 1.54) is 36.8 Å². The topological polar surface area (TPSA) is 52.6 Å². The normalized spacial score (nSPS) is 11.3. The lowest BCUT2D eigenvalue weighted by Gasteiger charge is -2.05. The second-order valence-corrected chi connectivity index (χ2v) is 9.16. The van der Waals surface area contributed by atoms with Crippen LogP contribution < -0.4 is 0 Å². The van der Waals surface area contributed by atoms with Gasteiger partial charge in [0.05, 0.1) is 6.61 Å². The lowest BCUT2D eigenvalue weighted by atomic mass is 10.1. The van der Waals surface area contributed by atoms with Crippen LogP contribution in [0.3, 0.4) is 0 Å². The van der Waals surface area contributed by atoms with Gasteiger partial charge in [-0.15, -0.1) is 0 Å². The molecule has 4 nitrogen and oxygen atoms in total. The average Bonchev–Trinajstić information content (AvgIpc) is 2.74. The van der Waals surface area contributed by atoms with Crippen molar-refractivity contribution in [3.8, 4) is 0 Å². The van der Waals surface area contributed by atoms with Gasteiger partial charge < -0.3 is 9.47 Å². The summed E-state index contributed by atoms with van der Waals surface area (Å²) in [7, 11) is 0. The van der Waals surface area contributed by atoms with E-state index in [-0.39, 0.29) is 11.9 Å². The summed E-state index contributed by atoms with van der Waals surface area (Å²) in [5, 5.41) is 0. The molecule has 0 heterocycles. The van der Waals surface area contributed by atoms with Crippen LogP contribution in [0.25, 0.3) is 0 Å². The highest BCUT2D eigenvalue weighted by Crippen LogP contribution is 2.11. The van der Waals surface area contributed by atoms with E-state index in [1.807, 2.05) is 6.08 Å². The molecule has 0 aliphatic rings. The summed E-state index contributed by atoms with van der Waals surface area (Å²) in [4.78, 5) is 23.5. The maximum atomic E-state index is 11.8. The predicted molar refractivity (Wildman–Crippen MR) is 135 cm³/mol. The third kappa shape index (κ3) is 23.1. The number of ether oxygens (including phenoxy) is 2. The number of unbranched alkanes of at least 4 members (excludes halogenated alkanes) is 10. The van der Waals surface area contributed by atoms with Crippen LogP contribution in [0.2, 0.25) is 0 Å². The molecule has 0 radical (unpaired) electrons. The molecular formula is C28H50O4. The van der Waals surface area contributed by atoms with Gasteiger partial charge in [-0.2, -0.15) is 0 Å². The minimum absolute atomic E-state index is 0.0532. The van der Waals surface area contributed by atoms with Crippen molar-refractivity contribution in [2.75, 3.05) is 13.2 Å². The number of rotatable bonds is 21. The van der Waals surface area contributed by atoms with Crippen LogP contribution >= 0.6 is 0 Å². The lowest BCUT2D eigenvalue weighted by Crippen LogP contribution is -2.05. The SMILES string of the molecule is CCCCCCCCOC(=O)CCCCCCCCC(=O)OC/C=C(\C)CCC=C(C)C. The van der Waals surface area contributed by atoms with Crippen molar-refractivity contribution in [1.29, 1.82) is 0 Å². The van der Waals surface area contributed by atoms with Crippen LogP contribution in [0.5, 0.6) is 0 Å². The zero-order valence-electron chi connectivity index (χ0n) is 21.5. The molecule has 186 valence electrons. The first-order chi connectivity index (χ1) is 15.5. The predicted octanol–water partition coefficient (Wildman–Crippen LogP) is 8.25. The first-order valence-corrected chi connectivity index (χ1v) is 13.1. The first kappa shape index (κ1) is 30.4. The van der Waals surface area contributed by atoms with Crippen LogP contribution in [-0.2, 0) is 19.1 Å². The molecule has 32 heavy (non-hydrogen) atoms. The highest BCUT2D eigenvalue weighted by atomic mass is 16.5. The second kappa shape index (κ2) is 22.6. The van der Waals surface area contributed by atoms with E-state index < -0.39 is 0 Å². The fourth-order valence-electron chi connectivity index (χ4n) is 3.43. The van der Waals surface area contributed by atoms with Crippen molar-refractivity contribution >= 4 is 11.9 Å². The Morgan fingerprint density at radius 2 is 1.16 bits per heavy atom. The summed E-state index contributed by atoms with van der Waals surface area (Å²) in [6, 6.07) is 0. The molecule has 0 unspecified atom stereocenters. The molecule has 0 bridgehead atoms. The molecule has 0 spiro atoms. The van der Waals surface area contributed by atoms with Crippen LogP contribution in [0.4, 0.5) is 0 Å². The monoisotopic (exact) mass is 450 g/mol. The minimum atomic E-state index is -0.105. The Bertz CT molecular complexity index is 530. The molecule has 0 saturated carbocycles. The summed E-state index contributed by atoms with van der Waals surface area (Å²) in [6.07, 6.45) is 20.6. The number of carbonyl (C=O) groups excluding carboxylic acids is 2. The summed E-state index contributed by atoms with van der Waals surface area (Å²) >= 11 is 0. The minimum Gasteiger partial charge on any atom is -0.466 e. The van der Waals surface area contributed by atoms with Gasteiger partial charge in [-0.1, -0.05) is 81.9 Å². The van der Waals surface area contributed by atoms with Crippen molar-refractivity contribution in [1.82, 2.24) is 0 Å². The highest BCUT2D eigenvalue weighted by Gasteiger charge is 2.04. The van der Waals surface area contributed by atoms with Gasteiger partial charge in [-0.05, 0) is 59.0 Å². The average molecular weight is 451 g/mol. The number of hydrogen-bond acceptors (Lipinski definition) is 4. The number of hydrogen-bond donors (Lipinski definition) is 0. The van der Waals surface area contributed by atoms with E-state index in [0.29, 0.717) is 26.1 Å². The molecule has 0 saturated heterocycles. The largest absolute Gasteiger partial charge is 0.466 e. The standard InChI is InChI=1S/C28H50O4/c1-5-6-7-8-13-16-23-31-27(29)20-14-11-9-10-12-15-21-28(30)32-24-22-26(4)19-17-18-25(2)3/h18,22H,5-17,19-21,23-24H2,1-4H3/b26-22+. The molecule has 0 aliphatic carbocycles. The van der Waals surface area contributed by atoms with E-state index in [9.17, 15) is 9.59 Å². The van der Waals surface area contributed by atoms with Crippen LogP contribution in [0.15, 0.2) is 23.3 Å². The second-order valence-electron chi connectivity index (χ2n) is 9.16. The van der Waals surface area contributed by atoms with Gasteiger partial charge in [-0.3, -0.25) is 9.59 Å². The summed E-state index contributed by atoms with van der Waals surface area (Å²) < 4.78 is 10.6. The summed E-state index contributed by atoms with van der Waals surface area (Å²) in [6.45, 7) is 9.47. The molecule has 0 rings (SSSR count). The Morgan fingerprint density at radius 3 is 1.75 bits per heavy atom. The van der Waals surface area contributed by atoms with Crippen molar-refractivity contribution in [2.24, 2.45) is 0 Å². The van der Waals surface area contributed by atoms with Gasteiger partial charge in [0.1, 0.15) is 6.61 Å². The molecule has 0 amide bonds. The molecule has 0 aromatic rings. The lowest BCUT2D eigenvalue weighted by molar-refractivity contribution is -0.144. The Kier molecular flexibility index (Phi) is 21.5. The van der Waals surface area contributed by atoms with Gasteiger partial charge in [0.25, 0.3) is 0 Å². The molecular weight excluding hydrogens is 400 g/mol. The molecule has 0 aromatic heterocycles. The van der Waals surface area contributed by atoms with Gasteiger partial charge in [-0.25, -0.2) is 0 Å². The fraction of sp³-hybridized carbons (Fsp3) is 0.786. The summed E-state index contributed by atoms with van der Waals surface area (Å²) in [5.74, 6) is -0.158. The Labute approximate surface area is 198 Å². The van der Waals surface area contributed by atoms with E-state index in [1.54, 1.807) is 0 Å². The Balaban J connectivity index is 3.46. The van der Waals surface area contributed by atoms with Crippen molar-refractivity contribution < 1.29 is 19.1 Å². The van der Waals surface area contributed by atoms with Gasteiger partial charge in [0, 0.05) is 12.8 Å². The number of esters is 2. The van der Waals surface area contributed by atoms with E-state index in [0.717, 1.165) is 64.2 Å². The van der Waals surface area contributed by atoms with Crippen LogP contribution in [-0.4, -0.2) is 25.2 Å². The molecule has 0 N–H and O–H groups in total. The maximum absolute atomic E-state index is 11.8. The van der Waals surface area contributed by atoms with E-state index in [4.69, 9.17) is 9.47 Å². The molecule has 0 aromatic carbocycles. The Morgan fingerprint density at radius 1 is 0.625 bits per heavy atom. The molecule has 0 fully saturated rings. The summed E-state index contributed by atoms with van der Waals surface area (Å²) in [5.41, 5.74) is 2.60. The van der Waals surface area contributed by atoms with Gasteiger partial charge >= 0.3 is 11.9 Å². The molecule has 0 atom stereocenters. The zero-order valence-corrected chi connectivity index (χ0v) is 21.5. The van der Waals surface area contributed by atoms with E-state index in [2.05, 4.69) is 33.8 Å². The highest BCUT2D eigenvalue weighted by molar-refractivity contribution is 5.69. The smallest absolute Gasteiger partial charge is 0.306 e. The number of carbonyl (C=O) groups is 2. The first-order valence-electron chi connectivity index (χ1n) is 13.1. The molecule has 4 heteroatoms. The van der Waals surface area contributed by atoms with Crippen molar-refractivity contribution in [2.45, 2.75) is 130 Å². The maximum Gasteiger partial charge on any atom is 0.306 e. The third-order valence-corrected chi connectivity index (χ3v) is 5.54. The van der Waals surface area contributed by atoms with Crippen molar-refractivity contribution in [3.63, 3.8) is 0 Å². The Hall–Kier alpha value is -1.58. The quantitative estimate of drug-likeness (QED) is 0.100. The third-order valence-electron chi connectivity index (χ3n) is 5.54. The number of allylic oxidation sites excluding steroid dienone is 3. The van der Waals surface area contributed by atoms with Gasteiger partial charge in [0.2, 0.25) is 0 Å². The van der Waals surface area contributed by atoms with Crippen LogP contribution in [0.1, 0.15) is 130 Å². The molecule has 0 aliphatic heterocycles. The van der Waals surface area contributed by atoms with Crippen molar-refractivity contribution in [3.05, 3.63) is 23.3 Å². The fourth-order valence-corrected chi connectivity index (χ4v) is 3.43. The van der Waals surface area contributed by atoms with Gasteiger partial charge in [0.15, 0.2) is 0 Å². The van der Waals surface area contributed by atoms with Crippen LogP contribution in [0, 0.1) is 0 Å². The van der Waals surface area contributed by atoms with E-state index >= 15 is 0 Å².